The molecule has 0 unspecified atom stereocenters. The summed E-state index contributed by atoms with van der Waals surface area (Å²) in [4.78, 5) is 12.1. The lowest BCUT2D eigenvalue weighted by molar-refractivity contribution is 0.315. The highest BCUT2D eigenvalue weighted by Crippen LogP contribution is 2.31. The van der Waals surface area contributed by atoms with Gasteiger partial charge in [-0.3, -0.25) is 4.79 Å². The molecule has 0 bridgehead atoms. The fraction of sp³-hybridized carbons (Fsp3) is 0.444. The quantitative estimate of drug-likeness (QED) is 0.908. The maximum absolute atomic E-state index is 12.1. The summed E-state index contributed by atoms with van der Waals surface area (Å²) >= 11 is 0. The molecule has 128 valence electrons. The van der Waals surface area contributed by atoms with Gasteiger partial charge in [-0.2, -0.15) is 5.10 Å². The maximum atomic E-state index is 12.1. The number of ether oxygens (including phenoxy) is 2. The van der Waals surface area contributed by atoms with Crippen LogP contribution in [0, 0.1) is 5.92 Å². The van der Waals surface area contributed by atoms with Gasteiger partial charge in [0.15, 0.2) is 11.5 Å². The number of nitrogens with zero attached hydrogens (tertiary/aromatic N) is 2. The van der Waals surface area contributed by atoms with Crippen LogP contribution in [0.2, 0.25) is 0 Å². The van der Waals surface area contributed by atoms with Gasteiger partial charge in [0.2, 0.25) is 0 Å². The molecule has 1 aromatic carbocycles. The largest absolute Gasteiger partial charge is 0.493 e. The molecule has 0 radical (unpaired) electrons. The van der Waals surface area contributed by atoms with E-state index in [2.05, 4.69) is 10.4 Å². The molecule has 2 aromatic rings. The number of rotatable bonds is 5. The highest BCUT2D eigenvalue weighted by Gasteiger charge is 2.15. The van der Waals surface area contributed by atoms with Gasteiger partial charge in [-0.25, -0.2) is 4.68 Å². The van der Waals surface area contributed by atoms with Gasteiger partial charge in [-0.05, 0) is 56.1 Å². The van der Waals surface area contributed by atoms with E-state index in [1.165, 1.54) is 0 Å². The Kier molecular flexibility index (Phi) is 5.15. The van der Waals surface area contributed by atoms with Gasteiger partial charge < -0.3 is 14.8 Å². The molecule has 2 heterocycles. The predicted molar refractivity (Wildman–Crippen MR) is 92.6 cm³/mol. The van der Waals surface area contributed by atoms with E-state index in [0.29, 0.717) is 24.0 Å². The molecule has 0 aliphatic carbocycles. The van der Waals surface area contributed by atoms with Crippen molar-refractivity contribution in [1.82, 2.24) is 15.1 Å². The molecule has 0 amide bonds. The second-order valence-corrected chi connectivity index (χ2v) is 6.00. The normalized spacial score (nSPS) is 15.2. The summed E-state index contributed by atoms with van der Waals surface area (Å²) in [5, 5.41) is 7.90. The van der Waals surface area contributed by atoms with Gasteiger partial charge in [0.05, 0.1) is 19.9 Å². The molecule has 6 heteroatoms. The summed E-state index contributed by atoms with van der Waals surface area (Å²) < 4.78 is 12.2. The van der Waals surface area contributed by atoms with E-state index >= 15 is 0 Å². The molecule has 6 nitrogen and oxygen atoms in total. The predicted octanol–water partition coefficient (Wildman–Crippen LogP) is 1.93. The van der Waals surface area contributed by atoms with Crippen LogP contribution in [-0.2, 0) is 6.54 Å². The van der Waals surface area contributed by atoms with Crippen LogP contribution in [0.25, 0.3) is 11.3 Å². The maximum Gasteiger partial charge on any atom is 0.266 e. The molecule has 1 saturated heterocycles. The lowest BCUT2D eigenvalue weighted by Crippen LogP contribution is -2.33. The highest BCUT2D eigenvalue weighted by molar-refractivity contribution is 5.63. The van der Waals surface area contributed by atoms with Crippen molar-refractivity contribution >= 4 is 0 Å². The molecule has 1 aliphatic heterocycles. The zero-order chi connectivity index (χ0) is 16.9. The first-order chi connectivity index (χ1) is 11.7. The minimum Gasteiger partial charge on any atom is -0.493 e. The zero-order valence-corrected chi connectivity index (χ0v) is 14.1. The molecule has 0 atom stereocenters. The van der Waals surface area contributed by atoms with E-state index in [0.717, 1.165) is 37.2 Å². The van der Waals surface area contributed by atoms with Crippen LogP contribution in [0.1, 0.15) is 12.8 Å². The summed E-state index contributed by atoms with van der Waals surface area (Å²) in [5.41, 5.74) is 1.59. The third-order valence-corrected chi connectivity index (χ3v) is 4.44. The van der Waals surface area contributed by atoms with Crippen LogP contribution in [-0.4, -0.2) is 37.1 Å². The van der Waals surface area contributed by atoms with Crippen LogP contribution >= 0.6 is 0 Å². The van der Waals surface area contributed by atoms with E-state index in [1.807, 2.05) is 18.2 Å². The second-order valence-electron chi connectivity index (χ2n) is 6.00. The van der Waals surface area contributed by atoms with Gasteiger partial charge in [-0.1, -0.05) is 0 Å². The fourth-order valence-electron chi connectivity index (χ4n) is 3.04. The minimum absolute atomic E-state index is 0.0576. The Hall–Kier alpha value is -2.34. The van der Waals surface area contributed by atoms with Crippen LogP contribution < -0.4 is 20.3 Å². The van der Waals surface area contributed by atoms with Crippen LogP contribution in [0.5, 0.6) is 11.5 Å². The topological polar surface area (TPSA) is 65.4 Å². The summed E-state index contributed by atoms with van der Waals surface area (Å²) in [6.45, 7) is 2.69. The van der Waals surface area contributed by atoms with E-state index in [1.54, 1.807) is 31.0 Å². The van der Waals surface area contributed by atoms with E-state index in [9.17, 15) is 4.79 Å². The third kappa shape index (κ3) is 3.59. The van der Waals surface area contributed by atoms with Gasteiger partial charge in [-0.15, -0.1) is 0 Å². The first kappa shape index (κ1) is 16.5. The Balaban J connectivity index is 1.88. The summed E-state index contributed by atoms with van der Waals surface area (Å²) in [7, 11) is 3.21. The summed E-state index contributed by atoms with van der Waals surface area (Å²) in [6.07, 6.45) is 2.16. The zero-order valence-electron chi connectivity index (χ0n) is 14.1. The minimum atomic E-state index is -0.0576. The molecule has 0 saturated carbocycles. The number of methoxy groups -OCH3 is 2. The van der Waals surface area contributed by atoms with Crippen molar-refractivity contribution in [2.75, 3.05) is 27.3 Å². The Morgan fingerprint density at radius 2 is 1.88 bits per heavy atom. The SMILES string of the molecule is COc1ccc(-c2ccc(=O)n(CC3CCNCC3)n2)cc1OC. The van der Waals surface area contributed by atoms with Crippen LogP contribution in [0.4, 0.5) is 0 Å². The molecule has 0 spiro atoms. The van der Waals surface area contributed by atoms with Crippen molar-refractivity contribution in [3.8, 4) is 22.8 Å². The molecule has 1 aromatic heterocycles. The van der Waals surface area contributed by atoms with Gasteiger partial charge in [0.1, 0.15) is 0 Å². The number of nitrogens with one attached hydrogen (secondary N) is 1. The van der Waals surface area contributed by atoms with E-state index < -0.39 is 0 Å². The molecular formula is C18H23N3O3. The number of hydrogen-bond donors (Lipinski definition) is 1. The standard InChI is InChI=1S/C18H23N3O3/c1-23-16-5-3-14(11-17(16)24-2)15-4-6-18(22)21(20-15)12-13-7-9-19-10-8-13/h3-6,11,13,19H,7-10,12H2,1-2H3. The number of aromatic nitrogens is 2. The van der Waals surface area contributed by atoms with Gasteiger partial charge in [0.25, 0.3) is 5.56 Å². The van der Waals surface area contributed by atoms with E-state index in [4.69, 9.17) is 9.47 Å². The lowest BCUT2D eigenvalue weighted by Gasteiger charge is -2.22. The highest BCUT2D eigenvalue weighted by atomic mass is 16.5. The van der Waals surface area contributed by atoms with Gasteiger partial charge >= 0.3 is 0 Å². The fourth-order valence-corrected chi connectivity index (χ4v) is 3.04. The first-order valence-corrected chi connectivity index (χ1v) is 8.22. The average molecular weight is 329 g/mol. The molecule has 3 rings (SSSR count). The summed E-state index contributed by atoms with van der Waals surface area (Å²) in [6, 6.07) is 8.98. The smallest absolute Gasteiger partial charge is 0.266 e. The Bertz CT molecular complexity index is 751. The molecule has 24 heavy (non-hydrogen) atoms. The molecule has 1 N–H and O–H groups in total. The van der Waals surface area contributed by atoms with Crippen LogP contribution in [0.15, 0.2) is 35.1 Å². The molecule has 1 fully saturated rings. The van der Waals surface area contributed by atoms with Crippen molar-refractivity contribution < 1.29 is 9.47 Å². The van der Waals surface area contributed by atoms with Crippen molar-refractivity contribution in [1.29, 1.82) is 0 Å². The monoisotopic (exact) mass is 329 g/mol. The van der Waals surface area contributed by atoms with Gasteiger partial charge in [0, 0.05) is 18.2 Å². The number of hydrogen-bond acceptors (Lipinski definition) is 5. The Morgan fingerprint density at radius 3 is 2.58 bits per heavy atom. The third-order valence-electron chi connectivity index (χ3n) is 4.44. The first-order valence-electron chi connectivity index (χ1n) is 8.22. The van der Waals surface area contributed by atoms with Crippen molar-refractivity contribution in [3.63, 3.8) is 0 Å². The molecule has 1 aliphatic rings. The van der Waals surface area contributed by atoms with Crippen LogP contribution in [0.3, 0.4) is 0 Å². The lowest BCUT2D eigenvalue weighted by atomic mass is 9.98. The van der Waals surface area contributed by atoms with Crippen molar-refractivity contribution in [2.24, 2.45) is 5.92 Å². The summed E-state index contributed by atoms with van der Waals surface area (Å²) in [5.74, 6) is 1.81. The number of benzene rings is 1. The average Bonchev–Trinajstić information content (AvgIpc) is 2.64. The molecular weight excluding hydrogens is 306 g/mol. The van der Waals surface area contributed by atoms with Crippen molar-refractivity contribution in [2.45, 2.75) is 19.4 Å². The number of piperidine rings is 1. The Morgan fingerprint density at radius 1 is 1.12 bits per heavy atom. The second kappa shape index (κ2) is 7.49. The van der Waals surface area contributed by atoms with Crippen molar-refractivity contribution in [3.05, 3.63) is 40.7 Å². The van der Waals surface area contributed by atoms with E-state index in [-0.39, 0.29) is 5.56 Å². The Labute approximate surface area is 141 Å².